The fraction of sp³-hybridized carbons (Fsp3) is 0. The highest BCUT2D eigenvalue weighted by atomic mass is 35.5. The average Bonchev–Trinajstić information content (AvgIpc) is 3.29. The molecule has 10 nitrogen and oxygen atoms in total. The van der Waals surface area contributed by atoms with E-state index in [1.54, 1.807) is 0 Å². The zero-order valence-electron chi connectivity index (χ0n) is 17.4. The maximum atomic E-state index is 12.6. The van der Waals surface area contributed by atoms with Crippen molar-refractivity contribution in [3.8, 4) is 16.3 Å². The second-order valence-electron chi connectivity index (χ2n) is 6.99. The maximum absolute atomic E-state index is 12.6. The number of amides is 2. The zero-order chi connectivity index (χ0) is 25.1. The molecule has 3 N–H and O–H groups in total. The summed E-state index contributed by atoms with van der Waals surface area (Å²) in [5.41, 5.74) is 0.898. The Morgan fingerprint density at radius 3 is 2.26 bits per heavy atom. The Bertz CT molecular complexity index is 1460. The summed E-state index contributed by atoms with van der Waals surface area (Å²) < 4.78 is 0. The summed E-state index contributed by atoms with van der Waals surface area (Å²) in [6.45, 7) is 0. The molecule has 176 valence electrons. The van der Waals surface area contributed by atoms with Gasteiger partial charge in [0, 0.05) is 34.0 Å². The minimum absolute atomic E-state index is 0.0582. The monoisotopic (exact) mass is 529 g/mol. The van der Waals surface area contributed by atoms with Gasteiger partial charge in [0.25, 0.3) is 17.5 Å². The fourth-order valence-corrected chi connectivity index (χ4v) is 4.20. The van der Waals surface area contributed by atoms with Gasteiger partial charge < -0.3 is 10.4 Å². The van der Waals surface area contributed by atoms with Crippen molar-refractivity contribution >= 4 is 62.9 Å². The van der Waals surface area contributed by atoms with Crippen LogP contribution >= 0.6 is 34.5 Å². The van der Waals surface area contributed by atoms with Crippen LogP contribution in [0.25, 0.3) is 10.6 Å². The van der Waals surface area contributed by atoms with Crippen molar-refractivity contribution in [2.45, 2.75) is 0 Å². The quantitative estimate of drug-likeness (QED) is 0.216. The van der Waals surface area contributed by atoms with Gasteiger partial charge in [-0.25, -0.2) is 0 Å². The Hall–Kier alpha value is -4.06. The SMILES string of the molecule is O=C(Nc1cccc([N+](=O)[O-])c1)c1ccc(C(=O)Nc2nnc(-c3cc(Cl)cc(Cl)c3O)s2)cc1. The van der Waals surface area contributed by atoms with E-state index in [2.05, 4.69) is 20.8 Å². The van der Waals surface area contributed by atoms with E-state index in [1.165, 1.54) is 60.7 Å². The molecule has 4 aromatic rings. The summed E-state index contributed by atoms with van der Waals surface area (Å²) >= 11 is 12.9. The van der Waals surface area contributed by atoms with E-state index in [0.29, 0.717) is 10.0 Å². The first-order chi connectivity index (χ1) is 16.7. The number of phenols is 1. The van der Waals surface area contributed by atoms with Gasteiger partial charge >= 0.3 is 0 Å². The number of non-ortho nitro benzene ring substituents is 1. The highest BCUT2D eigenvalue weighted by Crippen LogP contribution is 2.39. The number of aromatic hydroxyl groups is 1. The van der Waals surface area contributed by atoms with Crippen molar-refractivity contribution in [3.63, 3.8) is 0 Å². The summed E-state index contributed by atoms with van der Waals surface area (Å²) in [6, 6.07) is 14.2. The molecule has 0 unspecified atom stereocenters. The third-order valence-corrected chi connectivity index (χ3v) is 6.01. The lowest BCUT2D eigenvalue weighted by Gasteiger charge is -2.06. The van der Waals surface area contributed by atoms with E-state index in [9.17, 15) is 24.8 Å². The predicted octanol–water partition coefficient (Wildman–Crippen LogP) is 5.63. The first-order valence-electron chi connectivity index (χ1n) is 9.70. The van der Waals surface area contributed by atoms with Crippen LogP contribution < -0.4 is 10.6 Å². The molecular weight excluding hydrogens is 517 g/mol. The second kappa shape index (κ2) is 10.1. The first-order valence-corrected chi connectivity index (χ1v) is 11.3. The Labute approximate surface area is 211 Å². The van der Waals surface area contributed by atoms with Gasteiger partial charge in [-0.3, -0.25) is 25.0 Å². The summed E-state index contributed by atoms with van der Waals surface area (Å²) in [5, 5.41) is 34.9. The summed E-state index contributed by atoms with van der Waals surface area (Å²) in [7, 11) is 0. The van der Waals surface area contributed by atoms with Gasteiger partial charge in [-0.1, -0.05) is 40.6 Å². The summed E-state index contributed by atoms with van der Waals surface area (Å²) in [4.78, 5) is 35.3. The van der Waals surface area contributed by atoms with Gasteiger partial charge in [0.05, 0.1) is 15.5 Å². The standard InChI is InChI=1S/C22H13Cl2N5O5S/c23-13-8-16(18(30)17(24)9-13)21-27-28-22(35-21)26-20(32)12-6-4-11(5-7-12)19(31)25-14-2-1-3-15(10-14)29(33)34/h1-10,30H,(H,25,31)(H,26,28,32). The molecule has 0 aliphatic heterocycles. The van der Waals surface area contributed by atoms with E-state index >= 15 is 0 Å². The Balaban J connectivity index is 1.43. The molecular formula is C22H13Cl2N5O5S. The van der Waals surface area contributed by atoms with Crippen LogP contribution in [-0.4, -0.2) is 32.0 Å². The third-order valence-electron chi connectivity index (χ3n) is 4.63. The largest absolute Gasteiger partial charge is 0.506 e. The number of nitro benzene ring substituents is 1. The minimum Gasteiger partial charge on any atom is -0.506 e. The normalized spacial score (nSPS) is 10.6. The highest BCUT2D eigenvalue weighted by Gasteiger charge is 2.17. The maximum Gasteiger partial charge on any atom is 0.271 e. The number of anilines is 2. The molecule has 0 saturated heterocycles. The predicted molar refractivity (Wildman–Crippen MR) is 132 cm³/mol. The fourth-order valence-electron chi connectivity index (χ4n) is 2.95. The van der Waals surface area contributed by atoms with Crippen molar-refractivity contribution in [1.29, 1.82) is 0 Å². The first kappa shape index (κ1) is 24.1. The molecule has 0 spiro atoms. The van der Waals surface area contributed by atoms with E-state index in [4.69, 9.17) is 23.2 Å². The molecule has 0 radical (unpaired) electrons. The number of phenolic OH excluding ortho intramolecular Hbond substituents is 1. The van der Waals surface area contributed by atoms with Crippen LogP contribution in [-0.2, 0) is 0 Å². The Kier molecular flexibility index (Phi) is 6.92. The second-order valence-corrected chi connectivity index (χ2v) is 8.81. The van der Waals surface area contributed by atoms with Crippen molar-refractivity contribution in [2.75, 3.05) is 10.6 Å². The number of rotatable bonds is 6. The molecule has 0 saturated carbocycles. The summed E-state index contributed by atoms with van der Waals surface area (Å²) in [5.74, 6) is -1.19. The van der Waals surface area contributed by atoms with Gasteiger partial charge in [-0.05, 0) is 42.5 Å². The van der Waals surface area contributed by atoms with Crippen molar-refractivity contribution < 1.29 is 19.6 Å². The molecule has 3 aromatic carbocycles. The number of carbonyl (C=O) groups is 2. The van der Waals surface area contributed by atoms with E-state index in [-0.39, 0.29) is 44.0 Å². The number of benzene rings is 3. The van der Waals surface area contributed by atoms with Gasteiger partial charge in [-0.15, -0.1) is 10.2 Å². The molecule has 0 fully saturated rings. The van der Waals surface area contributed by atoms with Crippen LogP contribution in [0, 0.1) is 10.1 Å². The molecule has 1 heterocycles. The van der Waals surface area contributed by atoms with Crippen molar-refractivity contribution in [1.82, 2.24) is 10.2 Å². The van der Waals surface area contributed by atoms with Gasteiger partial charge in [0.1, 0.15) is 5.75 Å². The molecule has 2 amide bonds. The molecule has 0 atom stereocenters. The van der Waals surface area contributed by atoms with E-state index in [0.717, 1.165) is 11.3 Å². The van der Waals surface area contributed by atoms with Crippen LogP contribution in [0.15, 0.2) is 60.7 Å². The van der Waals surface area contributed by atoms with E-state index < -0.39 is 16.7 Å². The number of carbonyl (C=O) groups excluding carboxylic acids is 2. The smallest absolute Gasteiger partial charge is 0.271 e. The molecule has 4 rings (SSSR count). The van der Waals surface area contributed by atoms with Crippen molar-refractivity contribution in [3.05, 3.63) is 92.0 Å². The van der Waals surface area contributed by atoms with E-state index in [1.807, 2.05) is 0 Å². The highest BCUT2D eigenvalue weighted by molar-refractivity contribution is 7.18. The Morgan fingerprint density at radius 1 is 0.943 bits per heavy atom. The number of hydrogen-bond donors (Lipinski definition) is 3. The van der Waals surface area contributed by atoms with Crippen LogP contribution in [0.2, 0.25) is 10.0 Å². The number of nitrogens with one attached hydrogen (secondary N) is 2. The third kappa shape index (κ3) is 5.54. The lowest BCUT2D eigenvalue weighted by molar-refractivity contribution is -0.384. The van der Waals surface area contributed by atoms with Gasteiger partial charge in [0.15, 0.2) is 5.01 Å². The summed E-state index contributed by atoms with van der Waals surface area (Å²) in [6.07, 6.45) is 0. The molecule has 0 aliphatic rings. The lowest BCUT2D eigenvalue weighted by Crippen LogP contribution is -2.14. The molecule has 0 aliphatic carbocycles. The number of hydrogen-bond acceptors (Lipinski definition) is 8. The molecule has 35 heavy (non-hydrogen) atoms. The van der Waals surface area contributed by atoms with Crippen LogP contribution in [0.5, 0.6) is 5.75 Å². The van der Waals surface area contributed by atoms with Crippen LogP contribution in [0.1, 0.15) is 20.7 Å². The number of nitro groups is 1. The van der Waals surface area contributed by atoms with Gasteiger partial charge in [0.2, 0.25) is 5.13 Å². The number of nitrogens with zero attached hydrogens (tertiary/aromatic N) is 3. The van der Waals surface area contributed by atoms with Gasteiger partial charge in [-0.2, -0.15) is 0 Å². The number of aromatic nitrogens is 2. The van der Waals surface area contributed by atoms with Crippen LogP contribution in [0.3, 0.4) is 0 Å². The molecule has 1 aromatic heterocycles. The zero-order valence-corrected chi connectivity index (χ0v) is 19.7. The Morgan fingerprint density at radius 2 is 1.60 bits per heavy atom. The van der Waals surface area contributed by atoms with Crippen molar-refractivity contribution in [2.24, 2.45) is 0 Å². The molecule has 13 heteroatoms. The topological polar surface area (TPSA) is 147 Å². The lowest BCUT2D eigenvalue weighted by atomic mass is 10.1. The number of halogens is 2. The molecule has 0 bridgehead atoms. The van der Waals surface area contributed by atoms with Crippen LogP contribution in [0.4, 0.5) is 16.5 Å². The average molecular weight is 530 g/mol. The minimum atomic E-state index is -0.559.